The molecule has 0 spiro atoms. The highest BCUT2D eigenvalue weighted by atomic mass is 16.2. The van der Waals surface area contributed by atoms with E-state index in [9.17, 15) is 9.59 Å². The highest BCUT2D eigenvalue weighted by molar-refractivity contribution is 6.40. The molecule has 4 heteroatoms. The van der Waals surface area contributed by atoms with E-state index in [1.54, 1.807) is 6.07 Å². The highest BCUT2D eigenvalue weighted by Gasteiger charge is 2.12. The second-order valence-corrected chi connectivity index (χ2v) is 3.56. The molecular formula is C13H12N2O2. The van der Waals surface area contributed by atoms with Gasteiger partial charge in [-0.2, -0.15) is 0 Å². The van der Waals surface area contributed by atoms with Crippen LogP contribution in [0.1, 0.15) is 0 Å². The third-order valence-electron chi connectivity index (χ3n) is 2.47. The molecule has 0 aliphatic carbocycles. The molecule has 2 rings (SSSR count). The van der Waals surface area contributed by atoms with Crippen molar-refractivity contribution in [3.8, 4) is 0 Å². The van der Waals surface area contributed by atoms with Crippen LogP contribution in [0.25, 0.3) is 10.8 Å². The molecule has 2 aromatic rings. The summed E-state index contributed by atoms with van der Waals surface area (Å²) in [5.41, 5.74) is 0.636. The maximum absolute atomic E-state index is 11.5. The highest BCUT2D eigenvalue weighted by Crippen LogP contribution is 2.22. The molecule has 86 valence electrons. The Morgan fingerprint density at radius 2 is 1.65 bits per heavy atom. The topological polar surface area (TPSA) is 58.2 Å². The molecule has 0 saturated heterocycles. The van der Waals surface area contributed by atoms with Crippen LogP contribution in [0.3, 0.4) is 0 Å². The van der Waals surface area contributed by atoms with Crippen molar-refractivity contribution < 1.29 is 9.59 Å². The first-order valence-electron chi connectivity index (χ1n) is 5.23. The maximum Gasteiger partial charge on any atom is 0.313 e. The Hall–Kier alpha value is -2.36. The molecule has 2 aromatic carbocycles. The number of anilines is 1. The van der Waals surface area contributed by atoms with Crippen LogP contribution in [0.4, 0.5) is 5.69 Å². The monoisotopic (exact) mass is 228 g/mol. The van der Waals surface area contributed by atoms with Crippen molar-refractivity contribution in [2.45, 2.75) is 0 Å². The molecule has 2 amide bonds. The van der Waals surface area contributed by atoms with Crippen LogP contribution in [0.2, 0.25) is 0 Å². The van der Waals surface area contributed by atoms with Gasteiger partial charge < -0.3 is 10.6 Å². The van der Waals surface area contributed by atoms with Gasteiger partial charge in [0.1, 0.15) is 0 Å². The van der Waals surface area contributed by atoms with Gasteiger partial charge in [0.15, 0.2) is 0 Å². The second-order valence-electron chi connectivity index (χ2n) is 3.56. The van der Waals surface area contributed by atoms with Crippen molar-refractivity contribution in [2.75, 3.05) is 12.4 Å². The van der Waals surface area contributed by atoms with Gasteiger partial charge in [-0.15, -0.1) is 0 Å². The SMILES string of the molecule is CNC(=O)C(=O)Nc1cccc2ccccc12. The van der Waals surface area contributed by atoms with Crippen LogP contribution in [0, 0.1) is 0 Å². The Labute approximate surface area is 98.6 Å². The number of carbonyl (C=O) groups excluding carboxylic acids is 2. The normalized spacial score (nSPS) is 9.94. The fourth-order valence-electron chi connectivity index (χ4n) is 1.63. The van der Waals surface area contributed by atoms with Crippen LogP contribution in [0.15, 0.2) is 42.5 Å². The first-order valence-corrected chi connectivity index (χ1v) is 5.23. The number of hydrogen-bond donors (Lipinski definition) is 2. The average Bonchev–Trinajstić information content (AvgIpc) is 2.38. The van der Waals surface area contributed by atoms with Crippen molar-refractivity contribution in [3.05, 3.63) is 42.5 Å². The Balaban J connectivity index is 2.36. The molecule has 2 N–H and O–H groups in total. The lowest BCUT2D eigenvalue weighted by molar-refractivity contribution is -0.135. The first kappa shape index (κ1) is 11.1. The third-order valence-corrected chi connectivity index (χ3v) is 2.47. The summed E-state index contributed by atoms with van der Waals surface area (Å²) >= 11 is 0. The molecule has 17 heavy (non-hydrogen) atoms. The van der Waals surface area contributed by atoms with Gasteiger partial charge in [0.05, 0.1) is 0 Å². The number of fused-ring (bicyclic) bond motifs is 1. The Morgan fingerprint density at radius 3 is 2.41 bits per heavy atom. The Bertz CT molecular complexity index is 573. The fourth-order valence-corrected chi connectivity index (χ4v) is 1.63. The molecule has 0 aliphatic rings. The fraction of sp³-hybridized carbons (Fsp3) is 0.0769. The molecule has 0 atom stereocenters. The molecule has 0 radical (unpaired) electrons. The summed E-state index contributed by atoms with van der Waals surface area (Å²) in [4.78, 5) is 22.6. The molecular weight excluding hydrogens is 216 g/mol. The number of nitrogens with one attached hydrogen (secondary N) is 2. The Morgan fingerprint density at radius 1 is 0.941 bits per heavy atom. The van der Waals surface area contributed by atoms with E-state index in [1.807, 2.05) is 36.4 Å². The summed E-state index contributed by atoms with van der Waals surface area (Å²) in [5.74, 6) is -1.32. The minimum Gasteiger partial charge on any atom is -0.351 e. The van der Waals surface area contributed by atoms with E-state index in [2.05, 4.69) is 10.6 Å². The quantitative estimate of drug-likeness (QED) is 0.727. The lowest BCUT2D eigenvalue weighted by Crippen LogP contribution is -2.32. The zero-order valence-corrected chi connectivity index (χ0v) is 9.36. The molecule has 0 saturated carbocycles. The first-order chi connectivity index (χ1) is 8.22. The van der Waals surface area contributed by atoms with Gasteiger partial charge in [-0.25, -0.2) is 0 Å². The van der Waals surface area contributed by atoms with Crippen molar-refractivity contribution in [1.29, 1.82) is 0 Å². The maximum atomic E-state index is 11.5. The van der Waals surface area contributed by atoms with Gasteiger partial charge >= 0.3 is 11.8 Å². The summed E-state index contributed by atoms with van der Waals surface area (Å²) < 4.78 is 0. The van der Waals surface area contributed by atoms with Gasteiger partial charge in [0.25, 0.3) is 0 Å². The number of carbonyl (C=O) groups is 2. The van der Waals surface area contributed by atoms with Gasteiger partial charge in [0, 0.05) is 18.1 Å². The van der Waals surface area contributed by atoms with E-state index in [0.717, 1.165) is 10.8 Å². The number of benzene rings is 2. The van der Waals surface area contributed by atoms with Crippen molar-refractivity contribution in [3.63, 3.8) is 0 Å². The third kappa shape index (κ3) is 2.25. The summed E-state index contributed by atoms with van der Waals surface area (Å²) in [7, 11) is 1.42. The number of likely N-dealkylation sites (N-methyl/N-ethyl adjacent to an activating group) is 1. The standard InChI is InChI=1S/C13H12N2O2/c1-14-12(16)13(17)15-11-8-4-6-9-5-2-3-7-10(9)11/h2-8H,1H3,(H,14,16)(H,15,17). The van der Waals surface area contributed by atoms with Crippen molar-refractivity contribution in [2.24, 2.45) is 0 Å². The van der Waals surface area contributed by atoms with Gasteiger partial charge in [-0.05, 0) is 11.5 Å². The van der Waals surface area contributed by atoms with Crippen LogP contribution in [-0.2, 0) is 9.59 Å². The minimum absolute atomic E-state index is 0.636. The van der Waals surface area contributed by atoms with Gasteiger partial charge in [0.2, 0.25) is 0 Å². The van der Waals surface area contributed by atoms with E-state index in [0.29, 0.717) is 5.69 Å². The summed E-state index contributed by atoms with van der Waals surface area (Å²) in [6.07, 6.45) is 0. The van der Waals surface area contributed by atoms with Gasteiger partial charge in [-0.1, -0.05) is 36.4 Å². The van der Waals surface area contributed by atoms with E-state index < -0.39 is 11.8 Å². The van der Waals surface area contributed by atoms with Crippen molar-refractivity contribution >= 4 is 28.3 Å². The lowest BCUT2D eigenvalue weighted by atomic mass is 10.1. The van der Waals surface area contributed by atoms with E-state index in [4.69, 9.17) is 0 Å². The number of hydrogen-bond acceptors (Lipinski definition) is 2. The lowest BCUT2D eigenvalue weighted by Gasteiger charge is -2.07. The average molecular weight is 228 g/mol. The molecule has 0 heterocycles. The summed E-state index contributed by atoms with van der Waals surface area (Å²) in [6, 6.07) is 13.2. The minimum atomic E-state index is -0.663. The summed E-state index contributed by atoms with van der Waals surface area (Å²) in [6.45, 7) is 0. The molecule has 0 aliphatic heterocycles. The second kappa shape index (κ2) is 4.65. The zero-order chi connectivity index (χ0) is 12.3. The molecule has 0 unspecified atom stereocenters. The Kier molecular flexibility index (Phi) is 3.05. The van der Waals surface area contributed by atoms with Crippen molar-refractivity contribution in [1.82, 2.24) is 5.32 Å². The molecule has 0 aromatic heterocycles. The van der Waals surface area contributed by atoms with Gasteiger partial charge in [-0.3, -0.25) is 9.59 Å². The van der Waals surface area contributed by atoms with E-state index in [-0.39, 0.29) is 0 Å². The molecule has 4 nitrogen and oxygen atoms in total. The predicted octanol–water partition coefficient (Wildman–Crippen LogP) is 1.52. The predicted molar refractivity (Wildman–Crippen MR) is 66.6 cm³/mol. The number of amides is 2. The summed E-state index contributed by atoms with van der Waals surface area (Å²) in [5, 5.41) is 6.79. The molecule has 0 bridgehead atoms. The van der Waals surface area contributed by atoms with Crippen LogP contribution >= 0.6 is 0 Å². The smallest absolute Gasteiger partial charge is 0.313 e. The van der Waals surface area contributed by atoms with Crippen LogP contribution < -0.4 is 10.6 Å². The van der Waals surface area contributed by atoms with Crippen LogP contribution in [-0.4, -0.2) is 18.9 Å². The molecule has 0 fully saturated rings. The van der Waals surface area contributed by atoms with E-state index in [1.165, 1.54) is 7.05 Å². The van der Waals surface area contributed by atoms with Crippen LogP contribution in [0.5, 0.6) is 0 Å². The van der Waals surface area contributed by atoms with E-state index >= 15 is 0 Å². The largest absolute Gasteiger partial charge is 0.351 e. The zero-order valence-electron chi connectivity index (χ0n) is 9.36. The number of rotatable bonds is 1.